The summed E-state index contributed by atoms with van der Waals surface area (Å²) >= 11 is 0. The number of carbonyl (C=O) groups is 1. The third kappa shape index (κ3) is 6.71. The molecule has 4 aromatic rings. The molecule has 0 aliphatic carbocycles. The fourth-order valence-electron chi connectivity index (χ4n) is 8.53. The van der Waals surface area contributed by atoms with Gasteiger partial charge in [0.15, 0.2) is 8.32 Å². The third-order valence-corrected chi connectivity index (χ3v) is 13.8. The standard InChI is InChI=1S/C39H50N6O5Si/c1-27-36(49-2)31-23-30(44-26-45(29-13-9-6-10-14-29)39(38(44)47)18-20-40-21-19-39)15-16-34(31)50-37(27)35(51(3,4)48)17-22-43-24-33(41-42-43)32(25-46)28-11-7-5-8-12-28/h5-16,23-24,27,32,35-37,40,46,48H,17-22,25-26H2,1-4H3/t27-,32?,35?,36-,37-/m0/s1. The molecule has 3 N–H and O–H groups in total. The highest BCUT2D eigenvalue weighted by Crippen LogP contribution is 2.49. The van der Waals surface area contributed by atoms with Crippen LogP contribution in [0.4, 0.5) is 11.4 Å². The Bertz CT molecular complexity index is 1790. The normalized spacial score (nSPS) is 22.9. The zero-order valence-electron chi connectivity index (χ0n) is 30.0. The molecule has 0 radical (unpaired) electrons. The molecule has 3 aliphatic heterocycles. The lowest BCUT2D eigenvalue weighted by molar-refractivity contribution is -0.122. The van der Waals surface area contributed by atoms with Crippen LogP contribution in [-0.4, -0.2) is 84.2 Å². The number of hydrogen-bond acceptors (Lipinski definition) is 9. The first-order valence-corrected chi connectivity index (χ1v) is 21.1. The van der Waals surface area contributed by atoms with Crippen molar-refractivity contribution in [2.75, 3.05) is 43.3 Å². The molecule has 270 valence electrons. The zero-order valence-corrected chi connectivity index (χ0v) is 31.0. The maximum atomic E-state index is 14.4. The number of aryl methyl sites for hydroxylation is 1. The van der Waals surface area contributed by atoms with Crippen LogP contribution in [0.2, 0.25) is 18.6 Å². The van der Waals surface area contributed by atoms with Gasteiger partial charge in [0.1, 0.15) is 17.4 Å². The summed E-state index contributed by atoms with van der Waals surface area (Å²) in [6.45, 7) is 8.60. The van der Waals surface area contributed by atoms with Gasteiger partial charge >= 0.3 is 0 Å². The number of ether oxygens (including phenoxy) is 2. The van der Waals surface area contributed by atoms with Gasteiger partial charge in [-0.05, 0) is 81.3 Å². The van der Waals surface area contributed by atoms with E-state index in [1.165, 1.54) is 0 Å². The summed E-state index contributed by atoms with van der Waals surface area (Å²) in [6, 6.07) is 26.1. The average molecular weight is 711 g/mol. The molecule has 3 aromatic carbocycles. The number of aromatic nitrogens is 3. The van der Waals surface area contributed by atoms with Crippen molar-refractivity contribution in [3.63, 3.8) is 0 Å². The van der Waals surface area contributed by atoms with Crippen molar-refractivity contribution >= 4 is 25.6 Å². The highest BCUT2D eigenvalue weighted by Gasteiger charge is 2.53. The molecule has 2 unspecified atom stereocenters. The Morgan fingerprint density at radius 1 is 1.04 bits per heavy atom. The largest absolute Gasteiger partial charge is 0.490 e. The number of benzene rings is 3. The number of rotatable bonds is 11. The Hall–Kier alpha value is -4.07. The summed E-state index contributed by atoms with van der Waals surface area (Å²) in [5, 5.41) is 22.4. The van der Waals surface area contributed by atoms with Gasteiger partial charge in [0.2, 0.25) is 0 Å². The highest BCUT2D eigenvalue weighted by atomic mass is 28.4. The molecule has 5 atom stereocenters. The lowest BCUT2D eigenvalue weighted by Crippen LogP contribution is -2.55. The molecule has 7 rings (SSSR count). The molecule has 12 heteroatoms. The van der Waals surface area contributed by atoms with E-state index in [4.69, 9.17) is 9.47 Å². The molecular formula is C39H50N6O5Si. The van der Waals surface area contributed by atoms with Crippen LogP contribution in [0, 0.1) is 5.92 Å². The number of aliphatic hydroxyl groups excluding tert-OH is 1. The number of nitrogens with zero attached hydrogens (tertiary/aromatic N) is 5. The van der Waals surface area contributed by atoms with Crippen LogP contribution in [0.3, 0.4) is 0 Å². The van der Waals surface area contributed by atoms with Gasteiger partial charge in [-0.15, -0.1) is 5.10 Å². The van der Waals surface area contributed by atoms with Gasteiger partial charge in [-0.2, -0.15) is 0 Å². The highest BCUT2D eigenvalue weighted by molar-refractivity contribution is 6.71. The van der Waals surface area contributed by atoms with Crippen LogP contribution in [0.15, 0.2) is 85.1 Å². The molecule has 1 spiro atoms. The number of hydrogen-bond donors (Lipinski definition) is 3. The minimum Gasteiger partial charge on any atom is -0.490 e. The Kier molecular flexibility index (Phi) is 10.1. The van der Waals surface area contributed by atoms with E-state index in [0.717, 1.165) is 54.2 Å². The number of piperidine rings is 1. The van der Waals surface area contributed by atoms with Crippen LogP contribution >= 0.6 is 0 Å². The van der Waals surface area contributed by atoms with Crippen LogP contribution in [0.1, 0.15) is 55.0 Å². The van der Waals surface area contributed by atoms with E-state index in [0.29, 0.717) is 25.3 Å². The number of carbonyl (C=O) groups excluding carboxylic acids is 1. The fourth-order valence-corrected chi connectivity index (χ4v) is 10.5. The van der Waals surface area contributed by atoms with Crippen molar-refractivity contribution in [2.45, 2.75) is 75.0 Å². The molecule has 3 aliphatic rings. The summed E-state index contributed by atoms with van der Waals surface area (Å²) in [5.74, 6) is 0.516. The van der Waals surface area contributed by atoms with Gasteiger partial charge < -0.3 is 29.6 Å². The summed E-state index contributed by atoms with van der Waals surface area (Å²) in [5.41, 5.74) is 3.77. The second-order valence-electron chi connectivity index (χ2n) is 14.8. The molecule has 4 heterocycles. The summed E-state index contributed by atoms with van der Waals surface area (Å²) in [7, 11) is -1.04. The molecule has 1 amide bonds. The van der Waals surface area contributed by atoms with E-state index >= 15 is 0 Å². The summed E-state index contributed by atoms with van der Waals surface area (Å²) in [6.07, 6.45) is 3.44. The van der Waals surface area contributed by atoms with Gasteiger partial charge in [0, 0.05) is 48.2 Å². The van der Waals surface area contributed by atoms with E-state index in [1.54, 1.807) is 11.8 Å². The van der Waals surface area contributed by atoms with Crippen LogP contribution < -0.4 is 19.9 Å². The number of para-hydroxylation sites is 1. The number of anilines is 2. The Morgan fingerprint density at radius 2 is 1.75 bits per heavy atom. The smallest absolute Gasteiger partial charge is 0.254 e. The first kappa shape index (κ1) is 35.3. The fraction of sp³-hybridized carbons (Fsp3) is 0.462. The van der Waals surface area contributed by atoms with Gasteiger partial charge in [-0.1, -0.05) is 60.7 Å². The summed E-state index contributed by atoms with van der Waals surface area (Å²) < 4.78 is 14.8. The number of aliphatic hydroxyl groups is 1. The van der Waals surface area contributed by atoms with Crippen molar-refractivity contribution in [3.8, 4) is 5.75 Å². The van der Waals surface area contributed by atoms with Crippen LogP contribution in [0.5, 0.6) is 5.75 Å². The third-order valence-electron chi connectivity index (χ3n) is 11.3. The quantitative estimate of drug-likeness (QED) is 0.183. The van der Waals surface area contributed by atoms with E-state index in [2.05, 4.69) is 45.7 Å². The Morgan fingerprint density at radius 3 is 2.41 bits per heavy atom. The topological polar surface area (TPSA) is 125 Å². The lowest BCUT2D eigenvalue weighted by atomic mass is 9.85. The second-order valence-corrected chi connectivity index (χ2v) is 18.9. The van der Waals surface area contributed by atoms with Crippen molar-refractivity contribution in [2.24, 2.45) is 5.92 Å². The van der Waals surface area contributed by atoms with E-state index in [1.807, 2.05) is 84.9 Å². The van der Waals surface area contributed by atoms with Gasteiger partial charge in [0.05, 0.1) is 31.0 Å². The number of fused-ring (bicyclic) bond motifs is 1. The van der Waals surface area contributed by atoms with Crippen molar-refractivity contribution in [3.05, 3.63) is 102 Å². The van der Waals surface area contributed by atoms with Crippen molar-refractivity contribution < 1.29 is 24.2 Å². The van der Waals surface area contributed by atoms with E-state index < -0.39 is 13.9 Å². The van der Waals surface area contributed by atoms with E-state index in [9.17, 15) is 14.7 Å². The van der Waals surface area contributed by atoms with E-state index in [-0.39, 0.29) is 42.1 Å². The maximum Gasteiger partial charge on any atom is 0.254 e. The Labute approximate surface area is 301 Å². The number of amides is 1. The first-order valence-electron chi connectivity index (χ1n) is 18.1. The molecule has 11 nitrogen and oxygen atoms in total. The molecule has 2 saturated heterocycles. The monoisotopic (exact) mass is 710 g/mol. The first-order chi connectivity index (χ1) is 24.6. The van der Waals surface area contributed by atoms with Crippen molar-refractivity contribution in [1.29, 1.82) is 0 Å². The number of nitrogens with one attached hydrogen (secondary N) is 1. The minimum atomic E-state index is -2.76. The summed E-state index contributed by atoms with van der Waals surface area (Å²) in [4.78, 5) is 30.2. The predicted octanol–water partition coefficient (Wildman–Crippen LogP) is 5.08. The Balaban J connectivity index is 1.12. The zero-order chi connectivity index (χ0) is 35.8. The maximum absolute atomic E-state index is 14.4. The molecule has 2 fully saturated rings. The molecule has 0 bridgehead atoms. The molecule has 51 heavy (non-hydrogen) atoms. The lowest BCUT2D eigenvalue weighted by Gasteiger charge is -2.44. The minimum absolute atomic E-state index is 0.0651. The molecule has 0 saturated carbocycles. The molecular weight excluding hydrogens is 661 g/mol. The van der Waals surface area contributed by atoms with Gasteiger partial charge in [-0.3, -0.25) is 14.4 Å². The van der Waals surface area contributed by atoms with Crippen LogP contribution in [-0.2, 0) is 16.1 Å². The second kappa shape index (κ2) is 14.5. The van der Waals surface area contributed by atoms with Gasteiger partial charge in [-0.25, -0.2) is 0 Å². The van der Waals surface area contributed by atoms with Crippen LogP contribution in [0.25, 0.3) is 0 Å². The van der Waals surface area contributed by atoms with Crippen molar-refractivity contribution in [1.82, 2.24) is 20.3 Å². The number of methoxy groups -OCH3 is 1. The van der Waals surface area contributed by atoms with Gasteiger partial charge in [0.25, 0.3) is 5.91 Å². The SMILES string of the molecule is CO[C@@H]1c2cc(N3CN(c4ccccc4)C4(CCNCC4)C3=O)ccc2O[C@H](C(CCn2cc(C(CO)c3ccccc3)nn2)[Si](C)(C)O)[C@H]1C. The molecule has 1 aromatic heterocycles. The predicted molar refractivity (Wildman–Crippen MR) is 199 cm³/mol. The average Bonchev–Trinajstić information content (AvgIpc) is 3.71.